The highest BCUT2D eigenvalue weighted by atomic mass is 28.3. The molecule has 0 unspecified atom stereocenters. The molecule has 0 aliphatic carbocycles. The van der Waals surface area contributed by atoms with E-state index in [1.807, 2.05) is 66.7 Å². The Balaban J connectivity index is 1.94. The number of hydrogen-bond donors (Lipinski definition) is 0. The van der Waals surface area contributed by atoms with Gasteiger partial charge in [0.1, 0.15) is 0 Å². The summed E-state index contributed by atoms with van der Waals surface area (Å²) in [4.78, 5) is 12.9. The lowest BCUT2D eigenvalue weighted by Crippen LogP contribution is -2.46. The maximum absolute atomic E-state index is 12.9. The molecule has 3 rings (SSSR count). The van der Waals surface area contributed by atoms with E-state index in [1.165, 1.54) is 5.19 Å². The molecular weight excluding hydrogens is 344 g/mol. The number of carbonyl (C=O) groups excluding carboxylic acids is 1. The second kappa shape index (κ2) is 8.66. The molecule has 0 aliphatic rings. The van der Waals surface area contributed by atoms with Crippen LogP contribution in [0.1, 0.15) is 22.3 Å². The summed E-state index contributed by atoms with van der Waals surface area (Å²) in [7, 11) is -1.95. The molecule has 0 N–H and O–H groups in total. The fraction of sp³-hybridized carbons (Fsp3) is 0.160. The fourth-order valence-corrected chi connectivity index (χ4v) is 5.76. The highest BCUT2D eigenvalue weighted by Gasteiger charge is 2.34. The van der Waals surface area contributed by atoms with Crippen LogP contribution in [0.3, 0.4) is 0 Å². The Kier molecular flexibility index (Phi) is 6.06. The molecule has 0 radical (unpaired) electrons. The van der Waals surface area contributed by atoms with Crippen molar-refractivity contribution in [2.75, 3.05) is 0 Å². The lowest BCUT2D eigenvalue weighted by atomic mass is 10.1. The number of hydrogen-bond acceptors (Lipinski definition) is 1. The van der Waals surface area contributed by atoms with Crippen molar-refractivity contribution in [3.05, 3.63) is 102 Å². The van der Waals surface area contributed by atoms with Crippen LogP contribution >= 0.6 is 0 Å². The maximum atomic E-state index is 12.9. The van der Waals surface area contributed by atoms with Crippen LogP contribution in [0.5, 0.6) is 0 Å². The predicted molar refractivity (Wildman–Crippen MR) is 116 cm³/mol. The van der Waals surface area contributed by atoms with Crippen LogP contribution in [-0.2, 0) is 0 Å². The van der Waals surface area contributed by atoms with E-state index >= 15 is 0 Å². The molecule has 0 saturated carbocycles. The van der Waals surface area contributed by atoms with Gasteiger partial charge in [-0.15, -0.1) is 0 Å². The first-order chi connectivity index (χ1) is 13.1. The number of rotatable bonds is 5. The average molecular weight is 369 g/mol. The van der Waals surface area contributed by atoms with Crippen molar-refractivity contribution in [2.45, 2.75) is 25.1 Å². The first-order valence-electron chi connectivity index (χ1n) is 9.28. The lowest BCUT2D eigenvalue weighted by Gasteiger charge is -2.29. The quantitative estimate of drug-likeness (QED) is 0.339. The van der Waals surface area contributed by atoms with Gasteiger partial charge in [0.25, 0.3) is 0 Å². The summed E-state index contributed by atoms with van der Waals surface area (Å²) in [6, 6.07) is 30.1. The molecule has 0 saturated heterocycles. The van der Waals surface area contributed by atoms with Crippen molar-refractivity contribution in [1.82, 2.24) is 0 Å². The summed E-state index contributed by atoms with van der Waals surface area (Å²) in [6.07, 6.45) is 0.456. The summed E-state index contributed by atoms with van der Waals surface area (Å²) in [5.74, 6) is 6.94. The third-order valence-corrected chi connectivity index (χ3v) is 8.95. The Labute approximate surface area is 163 Å². The average Bonchev–Trinajstić information content (AvgIpc) is 2.73. The van der Waals surface area contributed by atoms with E-state index in [1.54, 1.807) is 0 Å². The van der Waals surface area contributed by atoms with Gasteiger partial charge in [-0.3, -0.25) is 4.79 Å². The largest absolute Gasteiger partial charge is 0.294 e. The van der Waals surface area contributed by atoms with Crippen molar-refractivity contribution in [2.24, 2.45) is 0 Å². The highest BCUT2D eigenvalue weighted by Crippen LogP contribution is 2.27. The van der Waals surface area contributed by atoms with Crippen LogP contribution in [0.25, 0.3) is 0 Å². The Hall–Kier alpha value is -2.89. The van der Waals surface area contributed by atoms with Crippen LogP contribution in [0.15, 0.2) is 91.0 Å². The van der Waals surface area contributed by atoms with Crippen molar-refractivity contribution in [1.29, 1.82) is 0 Å². The van der Waals surface area contributed by atoms with Gasteiger partial charge < -0.3 is 0 Å². The monoisotopic (exact) mass is 368 g/mol. The molecule has 3 aromatic carbocycles. The van der Waals surface area contributed by atoms with Gasteiger partial charge in [0.15, 0.2) is 5.78 Å². The van der Waals surface area contributed by atoms with Crippen LogP contribution in [0.2, 0.25) is 18.6 Å². The van der Waals surface area contributed by atoms with E-state index in [0.29, 0.717) is 6.42 Å². The standard InChI is InChI=1S/C25H24OSi/c1-27(2,23-16-10-5-11-17-23)24(19-18-21-12-6-3-7-13-21)20-25(26)22-14-8-4-9-15-22/h3-17,24H,20H2,1-2H3/t24-/m0/s1. The highest BCUT2D eigenvalue weighted by molar-refractivity contribution is 6.91. The van der Waals surface area contributed by atoms with E-state index in [4.69, 9.17) is 0 Å². The minimum Gasteiger partial charge on any atom is -0.294 e. The van der Waals surface area contributed by atoms with Gasteiger partial charge in [0.2, 0.25) is 0 Å². The Bertz CT molecular complexity index is 935. The normalized spacial score (nSPS) is 11.9. The zero-order valence-electron chi connectivity index (χ0n) is 15.9. The van der Waals surface area contributed by atoms with Gasteiger partial charge in [-0.25, -0.2) is 0 Å². The molecule has 1 atom stereocenters. The Morgan fingerprint density at radius 3 is 1.93 bits per heavy atom. The van der Waals surface area contributed by atoms with Crippen LogP contribution < -0.4 is 5.19 Å². The summed E-state index contributed by atoms with van der Waals surface area (Å²) in [5, 5.41) is 1.33. The first-order valence-corrected chi connectivity index (χ1v) is 12.4. The predicted octanol–water partition coefficient (Wildman–Crippen LogP) is 5.30. The lowest BCUT2D eigenvalue weighted by molar-refractivity contribution is 0.0984. The van der Waals surface area contributed by atoms with Gasteiger partial charge in [0.05, 0.1) is 8.07 Å². The Morgan fingerprint density at radius 2 is 1.33 bits per heavy atom. The number of benzene rings is 3. The number of carbonyl (C=O) groups is 1. The second-order valence-corrected chi connectivity index (χ2v) is 12.0. The SMILES string of the molecule is C[Si](C)(c1ccccc1)[C@@H](C#Cc1ccccc1)CC(=O)c1ccccc1. The number of ketones is 1. The smallest absolute Gasteiger partial charge is 0.163 e. The maximum Gasteiger partial charge on any atom is 0.163 e. The fourth-order valence-electron chi connectivity index (χ4n) is 3.17. The minimum atomic E-state index is -1.95. The molecule has 0 bridgehead atoms. The molecule has 0 amide bonds. The van der Waals surface area contributed by atoms with Crippen molar-refractivity contribution >= 4 is 19.0 Å². The molecule has 0 aliphatic heterocycles. The van der Waals surface area contributed by atoms with Crippen molar-refractivity contribution < 1.29 is 4.79 Å². The first kappa shape index (κ1) is 18.9. The molecule has 2 heteroatoms. The summed E-state index contributed by atoms with van der Waals surface area (Å²) >= 11 is 0. The van der Waals surface area contributed by atoms with Crippen molar-refractivity contribution in [3.63, 3.8) is 0 Å². The van der Waals surface area contributed by atoms with E-state index in [0.717, 1.165) is 11.1 Å². The van der Waals surface area contributed by atoms with Crippen LogP contribution in [0, 0.1) is 11.8 Å². The molecular formula is C25H24OSi. The zero-order chi connectivity index (χ0) is 19.1. The Morgan fingerprint density at radius 1 is 0.815 bits per heavy atom. The van der Waals surface area contributed by atoms with Gasteiger partial charge >= 0.3 is 0 Å². The van der Waals surface area contributed by atoms with Crippen LogP contribution in [0.4, 0.5) is 0 Å². The van der Waals surface area contributed by atoms with Crippen LogP contribution in [-0.4, -0.2) is 13.9 Å². The molecule has 0 heterocycles. The van der Waals surface area contributed by atoms with Gasteiger partial charge in [-0.1, -0.05) is 109 Å². The second-order valence-electron chi connectivity index (χ2n) is 7.27. The molecule has 0 fully saturated rings. The molecule has 0 aromatic heterocycles. The van der Waals surface area contributed by atoms with E-state index in [2.05, 4.69) is 49.2 Å². The van der Waals surface area contributed by atoms with Gasteiger partial charge in [-0.05, 0) is 12.1 Å². The molecule has 134 valence electrons. The summed E-state index contributed by atoms with van der Waals surface area (Å²) < 4.78 is 0. The topological polar surface area (TPSA) is 17.1 Å². The summed E-state index contributed by atoms with van der Waals surface area (Å²) in [6.45, 7) is 4.62. The van der Waals surface area contributed by atoms with E-state index in [-0.39, 0.29) is 11.3 Å². The van der Waals surface area contributed by atoms with Gasteiger partial charge in [-0.2, -0.15) is 0 Å². The summed E-state index contributed by atoms with van der Waals surface area (Å²) in [5.41, 5.74) is 1.81. The third-order valence-electron chi connectivity index (χ3n) is 5.04. The number of Topliss-reactive ketones (excluding diaryl/α,β-unsaturated/α-hetero) is 1. The zero-order valence-corrected chi connectivity index (χ0v) is 16.9. The minimum absolute atomic E-state index is 0.0489. The molecule has 27 heavy (non-hydrogen) atoms. The third kappa shape index (κ3) is 4.84. The molecule has 0 spiro atoms. The van der Waals surface area contributed by atoms with E-state index in [9.17, 15) is 4.79 Å². The van der Waals surface area contributed by atoms with Crippen molar-refractivity contribution in [3.8, 4) is 11.8 Å². The van der Waals surface area contributed by atoms with E-state index < -0.39 is 8.07 Å². The molecule has 1 nitrogen and oxygen atoms in total. The van der Waals surface area contributed by atoms with Gasteiger partial charge in [0, 0.05) is 23.1 Å². The molecule has 3 aromatic rings.